The minimum absolute atomic E-state index is 0.0939. The third kappa shape index (κ3) is 2.66. The molecule has 1 unspecified atom stereocenters. The van der Waals surface area contributed by atoms with Crippen LogP contribution in [0.1, 0.15) is 25.7 Å². The minimum atomic E-state index is -0.0939. The Labute approximate surface area is 79.7 Å². The second-order valence-corrected chi connectivity index (χ2v) is 4.19. The van der Waals surface area contributed by atoms with Crippen molar-refractivity contribution in [3.8, 4) is 0 Å². The van der Waals surface area contributed by atoms with Crippen LogP contribution in [-0.2, 0) is 4.74 Å². The van der Waals surface area contributed by atoms with Gasteiger partial charge in [-0.05, 0) is 25.7 Å². The molecule has 2 atom stereocenters. The molecule has 3 heteroatoms. The summed E-state index contributed by atoms with van der Waals surface area (Å²) in [5.41, 5.74) is 0. The monoisotopic (exact) mass is 185 g/mol. The molecule has 0 aromatic heterocycles. The number of rotatable bonds is 2. The minimum Gasteiger partial charge on any atom is -0.392 e. The molecule has 2 saturated heterocycles. The summed E-state index contributed by atoms with van der Waals surface area (Å²) in [5, 5.41) is 9.35. The lowest BCUT2D eigenvalue weighted by molar-refractivity contribution is -0.00348. The van der Waals surface area contributed by atoms with Crippen molar-refractivity contribution < 1.29 is 9.84 Å². The van der Waals surface area contributed by atoms with Gasteiger partial charge in [0, 0.05) is 26.2 Å². The van der Waals surface area contributed by atoms with Crippen LogP contribution < -0.4 is 0 Å². The molecular formula is C10H19NO2. The van der Waals surface area contributed by atoms with E-state index in [-0.39, 0.29) is 6.10 Å². The van der Waals surface area contributed by atoms with Gasteiger partial charge in [-0.25, -0.2) is 0 Å². The predicted molar refractivity (Wildman–Crippen MR) is 50.7 cm³/mol. The summed E-state index contributed by atoms with van der Waals surface area (Å²) < 4.78 is 5.65. The van der Waals surface area contributed by atoms with Crippen LogP contribution >= 0.6 is 0 Å². The van der Waals surface area contributed by atoms with Crippen molar-refractivity contribution >= 4 is 0 Å². The van der Waals surface area contributed by atoms with Crippen molar-refractivity contribution in [1.82, 2.24) is 4.90 Å². The molecule has 0 aromatic rings. The van der Waals surface area contributed by atoms with Gasteiger partial charge in [0.25, 0.3) is 0 Å². The molecule has 0 saturated carbocycles. The Hall–Kier alpha value is -0.120. The fraction of sp³-hybridized carbons (Fsp3) is 1.00. The normalized spacial score (nSPS) is 36.7. The van der Waals surface area contributed by atoms with Gasteiger partial charge in [-0.2, -0.15) is 0 Å². The van der Waals surface area contributed by atoms with E-state index in [1.807, 2.05) is 0 Å². The van der Waals surface area contributed by atoms with Crippen LogP contribution in [0.4, 0.5) is 0 Å². The highest BCUT2D eigenvalue weighted by atomic mass is 16.5. The Morgan fingerprint density at radius 1 is 1.31 bits per heavy atom. The summed E-state index contributed by atoms with van der Waals surface area (Å²) in [7, 11) is 0. The van der Waals surface area contributed by atoms with Crippen molar-refractivity contribution in [2.24, 2.45) is 0 Å². The molecule has 0 bridgehead atoms. The molecule has 0 radical (unpaired) electrons. The molecule has 2 aliphatic rings. The third-order valence-electron chi connectivity index (χ3n) is 2.98. The first-order chi connectivity index (χ1) is 6.34. The smallest absolute Gasteiger partial charge is 0.0702 e. The van der Waals surface area contributed by atoms with Gasteiger partial charge in [-0.3, -0.25) is 4.90 Å². The molecule has 1 N–H and O–H groups in total. The van der Waals surface area contributed by atoms with Crippen LogP contribution in [0.5, 0.6) is 0 Å². The fourth-order valence-corrected chi connectivity index (χ4v) is 2.22. The summed E-state index contributed by atoms with van der Waals surface area (Å²) in [5.74, 6) is 0. The first kappa shape index (κ1) is 9.44. The predicted octanol–water partition coefficient (Wildman–Crippen LogP) is 0.622. The molecule has 2 aliphatic heterocycles. The number of hydrogen-bond donors (Lipinski definition) is 1. The van der Waals surface area contributed by atoms with Crippen LogP contribution in [0.2, 0.25) is 0 Å². The SMILES string of the molecule is O[C@@H]1CCN(CC2CCCCO2)C1. The van der Waals surface area contributed by atoms with Crippen LogP contribution in [-0.4, -0.2) is 48.5 Å². The first-order valence-corrected chi connectivity index (χ1v) is 5.36. The Morgan fingerprint density at radius 2 is 2.23 bits per heavy atom. The van der Waals surface area contributed by atoms with Crippen molar-refractivity contribution in [2.45, 2.75) is 37.9 Å². The summed E-state index contributed by atoms with van der Waals surface area (Å²) >= 11 is 0. The number of aliphatic hydroxyl groups excluding tert-OH is 1. The number of β-amino-alcohol motifs (C(OH)–C–C–N with tert-alkyl or cyclic N) is 1. The standard InChI is InChI=1S/C10H19NO2/c12-9-4-5-11(7-9)8-10-3-1-2-6-13-10/h9-10,12H,1-8H2/t9-,10?/m1/s1. The molecule has 76 valence electrons. The Morgan fingerprint density at radius 3 is 2.85 bits per heavy atom. The molecular weight excluding hydrogens is 166 g/mol. The second-order valence-electron chi connectivity index (χ2n) is 4.19. The highest BCUT2D eigenvalue weighted by Crippen LogP contribution is 2.16. The summed E-state index contributed by atoms with van der Waals surface area (Å²) in [4.78, 5) is 2.32. The van der Waals surface area contributed by atoms with Gasteiger partial charge in [-0.15, -0.1) is 0 Å². The molecule has 0 amide bonds. The van der Waals surface area contributed by atoms with Gasteiger partial charge in [0.1, 0.15) is 0 Å². The Kier molecular flexibility index (Phi) is 3.19. The summed E-state index contributed by atoms with van der Waals surface area (Å²) in [6.07, 6.45) is 5.00. The molecule has 2 fully saturated rings. The van der Waals surface area contributed by atoms with E-state index < -0.39 is 0 Å². The van der Waals surface area contributed by atoms with E-state index >= 15 is 0 Å². The van der Waals surface area contributed by atoms with Crippen LogP contribution in [0.15, 0.2) is 0 Å². The number of nitrogens with zero attached hydrogens (tertiary/aromatic N) is 1. The topological polar surface area (TPSA) is 32.7 Å². The van der Waals surface area contributed by atoms with E-state index in [1.54, 1.807) is 0 Å². The lowest BCUT2D eigenvalue weighted by Gasteiger charge is -2.26. The van der Waals surface area contributed by atoms with Gasteiger partial charge in [0.05, 0.1) is 12.2 Å². The van der Waals surface area contributed by atoms with Crippen molar-refractivity contribution in [1.29, 1.82) is 0 Å². The molecule has 0 aliphatic carbocycles. The third-order valence-corrected chi connectivity index (χ3v) is 2.98. The molecule has 2 rings (SSSR count). The van der Waals surface area contributed by atoms with Gasteiger partial charge in [0.2, 0.25) is 0 Å². The quantitative estimate of drug-likeness (QED) is 0.684. The van der Waals surface area contributed by atoms with E-state index in [9.17, 15) is 5.11 Å². The lowest BCUT2D eigenvalue weighted by atomic mass is 10.1. The average molecular weight is 185 g/mol. The molecule has 3 nitrogen and oxygen atoms in total. The van der Waals surface area contributed by atoms with Crippen molar-refractivity contribution in [3.05, 3.63) is 0 Å². The lowest BCUT2D eigenvalue weighted by Crippen LogP contribution is -2.34. The highest BCUT2D eigenvalue weighted by molar-refractivity contribution is 4.77. The number of likely N-dealkylation sites (tertiary alicyclic amines) is 1. The molecule has 13 heavy (non-hydrogen) atoms. The Balaban J connectivity index is 1.71. The molecule has 0 aromatic carbocycles. The van der Waals surface area contributed by atoms with E-state index in [1.165, 1.54) is 19.3 Å². The van der Waals surface area contributed by atoms with Crippen molar-refractivity contribution in [2.75, 3.05) is 26.2 Å². The fourth-order valence-electron chi connectivity index (χ4n) is 2.22. The van der Waals surface area contributed by atoms with Gasteiger partial charge >= 0.3 is 0 Å². The number of ether oxygens (including phenoxy) is 1. The van der Waals surface area contributed by atoms with Crippen LogP contribution in [0.3, 0.4) is 0 Å². The summed E-state index contributed by atoms with van der Waals surface area (Å²) in [6.45, 7) is 3.85. The zero-order valence-corrected chi connectivity index (χ0v) is 8.11. The van der Waals surface area contributed by atoms with Gasteiger partial charge < -0.3 is 9.84 Å². The zero-order chi connectivity index (χ0) is 9.10. The highest BCUT2D eigenvalue weighted by Gasteiger charge is 2.24. The largest absolute Gasteiger partial charge is 0.392 e. The maximum atomic E-state index is 9.35. The van der Waals surface area contributed by atoms with E-state index in [0.29, 0.717) is 6.10 Å². The maximum absolute atomic E-state index is 9.35. The van der Waals surface area contributed by atoms with Gasteiger partial charge in [-0.1, -0.05) is 0 Å². The summed E-state index contributed by atoms with van der Waals surface area (Å²) in [6, 6.07) is 0. The molecule has 0 spiro atoms. The second kappa shape index (κ2) is 4.40. The Bertz CT molecular complexity index is 154. The van der Waals surface area contributed by atoms with E-state index in [4.69, 9.17) is 4.74 Å². The number of aliphatic hydroxyl groups is 1. The number of hydrogen-bond acceptors (Lipinski definition) is 3. The van der Waals surface area contributed by atoms with Crippen LogP contribution in [0, 0.1) is 0 Å². The first-order valence-electron chi connectivity index (χ1n) is 5.36. The van der Waals surface area contributed by atoms with Gasteiger partial charge in [0.15, 0.2) is 0 Å². The van der Waals surface area contributed by atoms with Crippen molar-refractivity contribution in [3.63, 3.8) is 0 Å². The van der Waals surface area contributed by atoms with E-state index in [0.717, 1.165) is 32.7 Å². The van der Waals surface area contributed by atoms with E-state index in [2.05, 4.69) is 4.90 Å². The van der Waals surface area contributed by atoms with Crippen LogP contribution in [0.25, 0.3) is 0 Å². The zero-order valence-electron chi connectivity index (χ0n) is 8.11. The average Bonchev–Trinajstić information content (AvgIpc) is 2.53. The maximum Gasteiger partial charge on any atom is 0.0702 e. The molecule has 2 heterocycles.